The van der Waals surface area contributed by atoms with E-state index >= 15 is 0 Å². The Morgan fingerprint density at radius 1 is 1.03 bits per heavy atom. The number of methoxy groups -OCH3 is 1. The predicted molar refractivity (Wildman–Crippen MR) is 145 cm³/mol. The molecule has 1 heterocycles. The maximum Gasteiger partial charge on any atom is 0.300 e. The van der Waals surface area contributed by atoms with Gasteiger partial charge >= 0.3 is 0 Å². The molecule has 0 spiro atoms. The third-order valence-electron chi connectivity index (χ3n) is 6.03. The lowest BCUT2D eigenvalue weighted by atomic mass is 9.94. The molecule has 1 saturated heterocycles. The van der Waals surface area contributed by atoms with E-state index in [0.29, 0.717) is 46.5 Å². The van der Waals surface area contributed by atoms with Gasteiger partial charge in [0.1, 0.15) is 17.3 Å². The minimum Gasteiger partial charge on any atom is -0.507 e. The van der Waals surface area contributed by atoms with Gasteiger partial charge in [0.2, 0.25) is 5.91 Å². The number of ketones is 1. The van der Waals surface area contributed by atoms with Crippen molar-refractivity contribution in [1.82, 2.24) is 0 Å². The van der Waals surface area contributed by atoms with Crippen LogP contribution in [0.5, 0.6) is 11.5 Å². The highest BCUT2D eigenvalue weighted by Crippen LogP contribution is 2.45. The van der Waals surface area contributed by atoms with Crippen LogP contribution < -0.4 is 19.7 Å². The summed E-state index contributed by atoms with van der Waals surface area (Å²) in [7, 11) is 1.50. The predicted octanol–water partition coefficient (Wildman–Crippen LogP) is 5.31. The first-order valence-corrected chi connectivity index (χ1v) is 12.3. The average Bonchev–Trinajstić information content (AvgIpc) is 3.17. The molecule has 3 aromatic rings. The molecule has 0 bridgehead atoms. The van der Waals surface area contributed by atoms with E-state index in [1.54, 1.807) is 72.8 Å². The highest BCUT2D eigenvalue weighted by molar-refractivity contribution is 6.51. The molecule has 38 heavy (non-hydrogen) atoms. The molecule has 1 fully saturated rings. The summed E-state index contributed by atoms with van der Waals surface area (Å²) in [6, 6.07) is 19.4. The van der Waals surface area contributed by atoms with Gasteiger partial charge in [-0.1, -0.05) is 44.2 Å². The Morgan fingerprint density at radius 3 is 2.39 bits per heavy atom. The Labute approximate surface area is 221 Å². The van der Waals surface area contributed by atoms with Gasteiger partial charge in [0.05, 0.1) is 25.3 Å². The monoisotopic (exact) mass is 514 g/mol. The van der Waals surface area contributed by atoms with E-state index < -0.39 is 17.7 Å². The third kappa shape index (κ3) is 5.39. The smallest absolute Gasteiger partial charge is 0.300 e. The van der Waals surface area contributed by atoms with Gasteiger partial charge in [-0.15, -0.1) is 0 Å². The van der Waals surface area contributed by atoms with Gasteiger partial charge in [-0.05, 0) is 48.4 Å². The highest BCUT2D eigenvalue weighted by atomic mass is 16.5. The maximum atomic E-state index is 13.5. The molecule has 1 unspecified atom stereocenters. The minimum absolute atomic E-state index is 0.0635. The van der Waals surface area contributed by atoms with Crippen molar-refractivity contribution < 1.29 is 29.0 Å². The maximum absolute atomic E-state index is 13.5. The lowest BCUT2D eigenvalue weighted by molar-refractivity contribution is -0.132. The molecule has 1 aliphatic heterocycles. The Bertz CT molecular complexity index is 1390. The van der Waals surface area contributed by atoms with Gasteiger partial charge in [-0.2, -0.15) is 0 Å². The van der Waals surface area contributed by atoms with Crippen molar-refractivity contribution in [3.8, 4) is 11.5 Å². The number of carbonyl (C=O) groups excluding carboxylic acids is 3. The second kappa shape index (κ2) is 11.2. The molecule has 2 amide bonds. The van der Waals surface area contributed by atoms with E-state index in [4.69, 9.17) is 9.47 Å². The van der Waals surface area contributed by atoms with Crippen molar-refractivity contribution >= 4 is 34.7 Å². The van der Waals surface area contributed by atoms with Crippen LogP contribution in [-0.4, -0.2) is 36.4 Å². The first-order chi connectivity index (χ1) is 18.2. The fourth-order valence-corrected chi connectivity index (χ4v) is 4.35. The van der Waals surface area contributed by atoms with Crippen molar-refractivity contribution in [2.45, 2.75) is 26.8 Å². The van der Waals surface area contributed by atoms with Crippen molar-refractivity contribution in [2.24, 2.45) is 5.92 Å². The van der Waals surface area contributed by atoms with E-state index in [-0.39, 0.29) is 17.2 Å². The second-order valence-corrected chi connectivity index (χ2v) is 9.37. The summed E-state index contributed by atoms with van der Waals surface area (Å²) in [6.45, 7) is 5.95. The number of hydrogen-bond acceptors (Lipinski definition) is 6. The molecule has 2 N–H and O–H groups in total. The number of Topliss-reactive ketones (excluding diaryl/α,β-unsaturated/α-hetero) is 1. The molecule has 1 aliphatic rings. The standard InChI is InChI=1S/C30H30N2O6/c1-18(2)17-38-23-9-7-8-20(16-23)28(34)26-27(24-10-5-6-11-25(24)37-4)32(30(36)29(26)35)22-14-12-21(13-15-22)31-19(3)33/h5-16,18,27,34H,17H2,1-4H3,(H,31,33)/b28-26-. The van der Waals surface area contributed by atoms with E-state index in [1.165, 1.54) is 18.9 Å². The Morgan fingerprint density at radius 2 is 1.74 bits per heavy atom. The van der Waals surface area contributed by atoms with Crippen LogP contribution >= 0.6 is 0 Å². The number of para-hydroxylation sites is 1. The molecular weight excluding hydrogens is 484 g/mol. The summed E-state index contributed by atoms with van der Waals surface area (Å²) in [5.41, 5.74) is 1.79. The van der Waals surface area contributed by atoms with Crippen molar-refractivity contribution in [1.29, 1.82) is 0 Å². The van der Waals surface area contributed by atoms with E-state index in [0.717, 1.165) is 0 Å². The fourth-order valence-electron chi connectivity index (χ4n) is 4.35. The van der Waals surface area contributed by atoms with Crippen LogP contribution in [0.25, 0.3) is 5.76 Å². The first-order valence-electron chi connectivity index (χ1n) is 12.3. The Balaban J connectivity index is 1.86. The zero-order valence-corrected chi connectivity index (χ0v) is 21.7. The topological polar surface area (TPSA) is 105 Å². The molecule has 0 aliphatic carbocycles. The number of benzene rings is 3. The summed E-state index contributed by atoms with van der Waals surface area (Å²) in [5, 5.41) is 14.1. The number of amides is 2. The normalized spacial score (nSPS) is 16.6. The number of nitrogens with one attached hydrogen (secondary N) is 1. The average molecular weight is 515 g/mol. The van der Waals surface area contributed by atoms with Gasteiger partial charge in [-0.25, -0.2) is 0 Å². The summed E-state index contributed by atoms with van der Waals surface area (Å²) >= 11 is 0. The molecule has 8 nitrogen and oxygen atoms in total. The molecular formula is C30H30N2O6. The molecule has 0 radical (unpaired) electrons. The Hall–Kier alpha value is -4.59. The number of carbonyl (C=O) groups is 3. The summed E-state index contributed by atoms with van der Waals surface area (Å²) < 4.78 is 11.4. The van der Waals surface area contributed by atoms with Gasteiger partial charge in [0, 0.05) is 29.4 Å². The number of anilines is 2. The molecule has 196 valence electrons. The summed E-state index contributed by atoms with van der Waals surface area (Å²) in [6.07, 6.45) is 0. The lowest BCUT2D eigenvalue weighted by Crippen LogP contribution is -2.29. The quantitative estimate of drug-likeness (QED) is 0.240. The van der Waals surface area contributed by atoms with Gasteiger partial charge < -0.3 is 19.9 Å². The van der Waals surface area contributed by atoms with Crippen molar-refractivity contribution in [2.75, 3.05) is 23.9 Å². The van der Waals surface area contributed by atoms with Crippen LogP contribution in [0.3, 0.4) is 0 Å². The van der Waals surface area contributed by atoms with Crippen LogP contribution in [0.4, 0.5) is 11.4 Å². The molecule has 0 saturated carbocycles. The second-order valence-electron chi connectivity index (χ2n) is 9.37. The number of nitrogens with zero attached hydrogens (tertiary/aromatic N) is 1. The zero-order chi connectivity index (χ0) is 27.4. The van der Waals surface area contributed by atoms with E-state index in [1.807, 2.05) is 13.8 Å². The van der Waals surface area contributed by atoms with E-state index in [9.17, 15) is 19.5 Å². The lowest BCUT2D eigenvalue weighted by Gasteiger charge is -2.26. The van der Waals surface area contributed by atoms with Crippen LogP contribution in [0.15, 0.2) is 78.4 Å². The largest absolute Gasteiger partial charge is 0.507 e. The van der Waals surface area contributed by atoms with Crippen LogP contribution in [-0.2, 0) is 14.4 Å². The van der Waals surface area contributed by atoms with Crippen LogP contribution in [0.1, 0.15) is 37.9 Å². The fraction of sp³-hybridized carbons (Fsp3) is 0.233. The highest BCUT2D eigenvalue weighted by Gasteiger charge is 2.47. The Kier molecular flexibility index (Phi) is 7.81. The van der Waals surface area contributed by atoms with Crippen LogP contribution in [0.2, 0.25) is 0 Å². The van der Waals surface area contributed by atoms with Gasteiger partial charge in [-0.3, -0.25) is 19.3 Å². The zero-order valence-electron chi connectivity index (χ0n) is 21.7. The first kappa shape index (κ1) is 26.5. The van der Waals surface area contributed by atoms with Crippen molar-refractivity contribution in [3.63, 3.8) is 0 Å². The third-order valence-corrected chi connectivity index (χ3v) is 6.03. The summed E-state index contributed by atoms with van der Waals surface area (Å²) in [5.74, 6) is -0.850. The van der Waals surface area contributed by atoms with Crippen molar-refractivity contribution in [3.05, 3.63) is 89.5 Å². The van der Waals surface area contributed by atoms with Gasteiger partial charge in [0.25, 0.3) is 11.7 Å². The van der Waals surface area contributed by atoms with Gasteiger partial charge in [0.15, 0.2) is 0 Å². The molecule has 8 heteroatoms. The number of hydrogen-bond donors (Lipinski definition) is 2. The minimum atomic E-state index is -0.960. The molecule has 0 aromatic heterocycles. The number of aliphatic hydroxyl groups excluding tert-OH is 1. The SMILES string of the molecule is COc1ccccc1C1/C(=C(/O)c2cccc(OCC(C)C)c2)C(=O)C(=O)N1c1ccc(NC(C)=O)cc1. The molecule has 1 atom stereocenters. The molecule has 3 aromatic carbocycles. The summed E-state index contributed by atoms with van der Waals surface area (Å²) in [4.78, 5) is 39.7. The van der Waals surface area contributed by atoms with E-state index in [2.05, 4.69) is 5.32 Å². The number of rotatable bonds is 8. The number of ether oxygens (including phenoxy) is 2. The number of aliphatic hydroxyl groups is 1. The molecule has 4 rings (SSSR count). The van der Waals surface area contributed by atoms with Crippen LogP contribution in [0, 0.1) is 5.92 Å².